The fraction of sp³-hybridized carbons (Fsp3) is 0.381. The second kappa shape index (κ2) is 9.37. The van der Waals surface area contributed by atoms with Gasteiger partial charge in [-0.2, -0.15) is 0 Å². The van der Waals surface area contributed by atoms with Crippen molar-refractivity contribution >= 4 is 21.6 Å². The van der Waals surface area contributed by atoms with Crippen LogP contribution in [0, 0.1) is 5.82 Å². The molecule has 2 aromatic rings. The molecule has 0 aromatic heterocycles. The smallest absolute Gasteiger partial charge is 0.261 e. The number of benzene rings is 2. The number of piperidine rings is 1. The molecule has 156 valence electrons. The van der Waals surface area contributed by atoms with Crippen molar-refractivity contribution in [2.45, 2.75) is 37.1 Å². The lowest BCUT2D eigenvalue weighted by Crippen LogP contribution is -3.13. The fourth-order valence-electron chi connectivity index (χ4n) is 3.56. The molecule has 6 nitrogen and oxygen atoms in total. The van der Waals surface area contributed by atoms with E-state index in [0.29, 0.717) is 11.3 Å². The zero-order valence-corrected chi connectivity index (χ0v) is 17.3. The molecule has 0 radical (unpaired) electrons. The van der Waals surface area contributed by atoms with E-state index in [-0.39, 0.29) is 16.8 Å². The largest absolute Gasteiger partial charge is 0.349 e. The number of hydrogen-bond donors (Lipinski definition) is 3. The third kappa shape index (κ3) is 5.77. The lowest BCUT2D eigenvalue weighted by atomic mass is 10.0. The predicted molar refractivity (Wildman–Crippen MR) is 110 cm³/mol. The van der Waals surface area contributed by atoms with Gasteiger partial charge < -0.3 is 10.2 Å². The number of nitrogens with one attached hydrogen (secondary N) is 3. The number of amides is 1. The van der Waals surface area contributed by atoms with Crippen LogP contribution in [0.25, 0.3) is 0 Å². The fourth-order valence-corrected chi connectivity index (χ4v) is 4.62. The topological polar surface area (TPSA) is 79.7 Å². The Morgan fingerprint density at radius 2 is 1.69 bits per heavy atom. The quantitative estimate of drug-likeness (QED) is 0.639. The van der Waals surface area contributed by atoms with Crippen molar-refractivity contribution in [1.82, 2.24) is 5.32 Å². The molecule has 0 bridgehead atoms. The van der Waals surface area contributed by atoms with Gasteiger partial charge in [0.25, 0.3) is 15.9 Å². The van der Waals surface area contributed by atoms with Gasteiger partial charge in [0.2, 0.25) is 0 Å². The van der Waals surface area contributed by atoms with Crippen LogP contribution in [-0.2, 0) is 10.0 Å². The molecule has 1 heterocycles. The first-order chi connectivity index (χ1) is 13.9. The van der Waals surface area contributed by atoms with Gasteiger partial charge in [-0.15, -0.1) is 0 Å². The number of sulfonamides is 1. The van der Waals surface area contributed by atoms with Gasteiger partial charge in [0.15, 0.2) is 0 Å². The van der Waals surface area contributed by atoms with Crippen LogP contribution in [0.5, 0.6) is 0 Å². The summed E-state index contributed by atoms with van der Waals surface area (Å²) in [6.07, 6.45) is 3.11. The Morgan fingerprint density at radius 1 is 1.07 bits per heavy atom. The highest BCUT2D eigenvalue weighted by atomic mass is 32.2. The Hall–Kier alpha value is -2.45. The second-order valence-electron chi connectivity index (χ2n) is 7.38. The van der Waals surface area contributed by atoms with Crippen LogP contribution in [0.15, 0.2) is 53.4 Å². The Balaban J connectivity index is 1.57. The molecular formula is C21H27FN3O3S+. The number of anilines is 1. The molecule has 1 fully saturated rings. The average molecular weight is 421 g/mol. The molecule has 1 amide bonds. The molecule has 1 aliphatic heterocycles. The molecule has 0 aliphatic carbocycles. The van der Waals surface area contributed by atoms with Gasteiger partial charge in [-0.25, -0.2) is 12.8 Å². The molecular weight excluding hydrogens is 393 g/mol. The lowest BCUT2D eigenvalue weighted by Gasteiger charge is -2.29. The van der Waals surface area contributed by atoms with E-state index in [2.05, 4.69) is 17.0 Å². The van der Waals surface area contributed by atoms with Gasteiger partial charge in [-0.3, -0.25) is 9.52 Å². The summed E-state index contributed by atoms with van der Waals surface area (Å²) in [6.45, 7) is 5.51. The van der Waals surface area contributed by atoms with Crippen molar-refractivity contribution in [1.29, 1.82) is 0 Å². The van der Waals surface area contributed by atoms with E-state index in [1.165, 1.54) is 25.1 Å². The van der Waals surface area contributed by atoms with E-state index in [1.807, 2.05) is 0 Å². The highest BCUT2D eigenvalue weighted by Gasteiger charge is 2.23. The molecule has 1 aliphatic rings. The summed E-state index contributed by atoms with van der Waals surface area (Å²) in [5.41, 5.74) is 0.820. The first kappa shape index (κ1) is 21.3. The molecule has 8 heteroatoms. The van der Waals surface area contributed by atoms with E-state index in [0.717, 1.165) is 38.1 Å². The van der Waals surface area contributed by atoms with Gasteiger partial charge >= 0.3 is 0 Å². The summed E-state index contributed by atoms with van der Waals surface area (Å²) in [6, 6.07) is 11.0. The van der Waals surface area contributed by atoms with Crippen molar-refractivity contribution in [3.63, 3.8) is 0 Å². The Labute approximate surface area is 171 Å². The van der Waals surface area contributed by atoms with Crippen molar-refractivity contribution in [2.24, 2.45) is 0 Å². The summed E-state index contributed by atoms with van der Waals surface area (Å²) < 4.78 is 40.1. The molecule has 0 unspecified atom stereocenters. The number of carbonyl (C=O) groups excluding carboxylic acids is 1. The third-order valence-corrected chi connectivity index (χ3v) is 6.55. The van der Waals surface area contributed by atoms with Gasteiger partial charge in [0.05, 0.1) is 24.5 Å². The van der Waals surface area contributed by atoms with Crippen molar-refractivity contribution in [3.8, 4) is 0 Å². The van der Waals surface area contributed by atoms with Gasteiger partial charge in [0.1, 0.15) is 5.82 Å². The minimum Gasteiger partial charge on any atom is -0.349 e. The van der Waals surface area contributed by atoms with E-state index < -0.39 is 15.8 Å². The van der Waals surface area contributed by atoms with Crippen LogP contribution >= 0.6 is 0 Å². The number of likely N-dealkylation sites (tertiary alicyclic amines) is 1. The van der Waals surface area contributed by atoms with Crippen LogP contribution in [0.3, 0.4) is 0 Å². The minimum absolute atomic E-state index is 0.0303. The highest BCUT2D eigenvalue weighted by Crippen LogP contribution is 2.17. The van der Waals surface area contributed by atoms with Crippen LogP contribution in [0.4, 0.5) is 10.1 Å². The Morgan fingerprint density at radius 3 is 2.28 bits per heavy atom. The first-order valence-electron chi connectivity index (χ1n) is 9.90. The highest BCUT2D eigenvalue weighted by molar-refractivity contribution is 7.92. The second-order valence-corrected chi connectivity index (χ2v) is 9.07. The maximum Gasteiger partial charge on any atom is 0.261 e. The van der Waals surface area contributed by atoms with E-state index in [1.54, 1.807) is 29.2 Å². The van der Waals surface area contributed by atoms with Gasteiger partial charge in [0, 0.05) is 30.1 Å². The molecule has 29 heavy (non-hydrogen) atoms. The van der Waals surface area contributed by atoms with Crippen molar-refractivity contribution in [3.05, 3.63) is 59.9 Å². The van der Waals surface area contributed by atoms with E-state index in [4.69, 9.17) is 0 Å². The number of rotatable bonds is 7. The van der Waals surface area contributed by atoms with E-state index >= 15 is 0 Å². The summed E-state index contributed by atoms with van der Waals surface area (Å²) in [4.78, 5) is 14.0. The number of hydrogen-bond acceptors (Lipinski definition) is 3. The number of carbonyl (C=O) groups is 1. The average Bonchev–Trinajstić information content (AvgIpc) is 2.70. The zero-order chi connectivity index (χ0) is 20.9. The Bertz CT molecular complexity index is 923. The number of halogens is 1. The molecule has 2 aromatic carbocycles. The standard InChI is InChI=1S/C21H26FN3O3S/c1-2-13-25-14-11-18(12-15-25)23-21(26)16-3-7-19(8-4-16)24-29(27,28)20-9-5-17(22)6-10-20/h3-10,18,24H,2,11-15H2,1H3,(H,23,26)/p+1. The van der Waals surface area contributed by atoms with Crippen LogP contribution in [0.2, 0.25) is 0 Å². The van der Waals surface area contributed by atoms with Crippen molar-refractivity contribution in [2.75, 3.05) is 24.4 Å². The maximum atomic E-state index is 13.0. The van der Waals surface area contributed by atoms with Gasteiger partial charge in [-0.05, 0) is 55.0 Å². The number of quaternary nitrogens is 1. The van der Waals surface area contributed by atoms with Gasteiger partial charge in [-0.1, -0.05) is 6.92 Å². The molecule has 3 N–H and O–H groups in total. The normalized spacial score (nSPS) is 19.5. The lowest BCUT2D eigenvalue weighted by molar-refractivity contribution is -0.905. The molecule has 0 spiro atoms. The molecule has 0 saturated carbocycles. The minimum atomic E-state index is -3.82. The molecule has 1 saturated heterocycles. The molecule has 3 rings (SSSR count). The molecule has 0 atom stereocenters. The van der Waals surface area contributed by atoms with Crippen molar-refractivity contribution < 1.29 is 22.5 Å². The summed E-state index contributed by atoms with van der Waals surface area (Å²) >= 11 is 0. The monoisotopic (exact) mass is 420 g/mol. The first-order valence-corrected chi connectivity index (χ1v) is 11.4. The SMILES string of the molecule is CCC[NH+]1CCC(NC(=O)c2ccc(NS(=O)(=O)c3ccc(F)cc3)cc2)CC1. The summed E-state index contributed by atoms with van der Waals surface area (Å²) in [5.74, 6) is -0.654. The van der Waals surface area contributed by atoms with E-state index in [9.17, 15) is 17.6 Å². The maximum absolute atomic E-state index is 13.0. The zero-order valence-electron chi connectivity index (χ0n) is 16.4. The summed E-state index contributed by atoms with van der Waals surface area (Å²) in [7, 11) is -3.82. The van der Waals surface area contributed by atoms with Crippen LogP contribution < -0.4 is 14.9 Å². The van der Waals surface area contributed by atoms with Crippen LogP contribution in [-0.4, -0.2) is 40.0 Å². The Kier molecular flexibility index (Phi) is 6.87. The summed E-state index contributed by atoms with van der Waals surface area (Å²) in [5, 5.41) is 3.07. The van der Waals surface area contributed by atoms with Crippen LogP contribution in [0.1, 0.15) is 36.5 Å². The third-order valence-electron chi connectivity index (χ3n) is 5.15. The predicted octanol–water partition coefficient (Wildman–Crippen LogP) is 1.81.